The molecule has 0 saturated carbocycles. The van der Waals surface area contributed by atoms with Gasteiger partial charge < -0.3 is 15.0 Å². The van der Waals surface area contributed by atoms with Crippen molar-refractivity contribution in [2.24, 2.45) is 0 Å². The fourth-order valence-electron chi connectivity index (χ4n) is 3.80. The molecule has 3 aromatic rings. The highest BCUT2D eigenvalue weighted by Gasteiger charge is 2.32. The molecule has 1 aliphatic rings. The van der Waals surface area contributed by atoms with E-state index in [2.05, 4.69) is 27.1 Å². The summed E-state index contributed by atoms with van der Waals surface area (Å²) in [5, 5.41) is 9.74. The maximum Gasteiger partial charge on any atom is 0.274 e. The predicted octanol–water partition coefficient (Wildman–Crippen LogP) is 4.45. The summed E-state index contributed by atoms with van der Waals surface area (Å²) < 4.78 is 5.95. The van der Waals surface area contributed by atoms with Gasteiger partial charge in [-0.05, 0) is 66.3 Å². The molecule has 1 aromatic carbocycles. The third-order valence-electron chi connectivity index (χ3n) is 5.47. The van der Waals surface area contributed by atoms with E-state index in [0.29, 0.717) is 31.8 Å². The molecule has 2 aromatic heterocycles. The minimum atomic E-state index is -0.504. The number of amides is 2. The smallest absolute Gasteiger partial charge is 0.274 e. The highest BCUT2D eigenvalue weighted by Crippen LogP contribution is 2.22. The number of carbonyl (C=O) groups excluding carboxylic acids is 2. The number of nitrogens with zero attached hydrogens (tertiary/aromatic N) is 2. The van der Waals surface area contributed by atoms with E-state index in [-0.39, 0.29) is 11.8 Å². The number of carbonyl (C=O) groups is 2. The van der Waals surface area contributed by atoms with Crippen LogP contribution < -0.4 is 10.1 Å². The Balaban J connectivity index is 1.51. The van der Waals surface area contributed by atoms with Crippen molar-refractivity contribution in [1.82, 2.24) is 15.2 Å². The molecule has 1 aliphatic heterocycles. The Morgan fingerprint density at radius 2 is 2.16 bits per heavy atom. The van der Waals surface area contributed by atoms with Crippen LogP contribution in [0.3, 0.4) is 0 Å². The Bertz CT molecular complexity index is 1050. The first-order chi connectivity index (χ1) is 15.6. The monoisotopic (exact) mass is 469 g/mol. The van der Waals surface area contributed by atoms with Crippen LogP contribution in [-0.4, -0.2) is 40.9 Å². The summed E-state index contributed by atoms with van der Waals surface area (Å²) in [6, 6.07) is 9.37. The minimum absolute atomic E-state index is 0.0917. The first-order valence-corrected chi connectivity index (χ1v) is 12.7. The fourth-order valence-corrected chi connectivity index (χ4v) is 5.09. The summed E-state index contributed by atoms with van der Waals surface area (Å²) in [6.45, 7) is 3.45. The molecular formula is C24H27N3O3S2. The summed E-state index contributed by atoms with van der Waals surface area (Å²) in [7, 11) is 0. The third-order valence-corrected chi connectivity index (χ3v) is 6.98. The van der Waals surface area contributed by atoms with Crippen LogP contribution in [0.4, 0.5) is 0 Å². The molecule has 32 heavy (non-hydrogen) atoms. The zero-order valence-corrected chi connectivity index (χ0v) is 19.7. The zero-order valence-electron chi connectivity index (χ0n) is 18.1. The number of thiophene rings is 1. The summed E-state index contributed by atoms with van der Waals surface area (Å²) in [5.74, 6) is 0.464. The van der Waals surface area contributed by atoms with Crippen molar-refractivity contribution in [3.8, 4) is 5.75 Å². The largest absolute Gasteiger partial charge is 0.493 e. The van der Waals surface area contributed by atoms with Crippen molar-refractivity contribution < 1.29 is 14.3 Å². The van der Waals surface area contributed by atoms with Crippen molar-refractivity contribution in [3.63, 3.8) is 0 Å². The molecule has 8 heteroatoms. The van der Waals surface area contributed by atoms with E-state index in [1.807, 2.05) is 31.2 Å². The Hall–Kier alpha value is -2.71. The summed E-state index contributed by atoms with van der Waals surface area (Å²) in [4.78, 5) is 32.2. The lowest BCUT2D eigenvalue weighted by molar-refractivity contribution is -0.125. The summed E-state index contributed by atoms with van der Waals surface area (Å²) in [6.07, 6.45) is 3.32. The molecule has 0 unspecified atom stereocenters. The van der Waals surface area contributed by atoms with Gasteiger partial charge in [-0.1, -0.05) is 12.1 Å². The minimum Gasteiger partial charge on any atom is -0.493 e. The molecule has 1 N–H and O–H groups in total. The molecule has 6 nitrogen and oxygen atoms in total. The van der Waals surface area contributed by atoms with E-state index >= 15 is 0 Å². The molecule has 0 radical (unpaired) electrons. The SMILES string of the molecule is Cc1nc(C(=O)N(Cc2cccc(OCCc3ccsc3)c2)[C@H]2CCCCNC2=O)cs1. The number of nitrogens with one attached hydrogen (secondary N) is 1. The van der Waals surface area contributed by atoms with Crippen molar-refractivity contribution in [2.75, 3.05) is 13.2 Å². The molecule has 0 aliphatic carbocycles. The zero-order chi connectivity index (χ0) is 22.3. The van der Waals surface area contributed by atoms with Gasteiger partial charge >= 0.3 is 0 Å². The van der Waals surface area contributed by atoms with E-state index in [9.17, 15) is 9.59 Å². The van der Waals surface area contributed by atoms with E-state index in [1.165, 1.54) is 16.9 Å². The molecule has 4 rings (SSSR count). The van der Waals surface area contributed by atoms with Crippen molar-refractivity contribution in [2.45, 2.75) is 45.2 Å². The van der Waals surface area contributed by atoms with Gasteiger partial charge in [0.2, 0.25) is 5.91 Å². The quantitative estimate of drug-likeness (QED) is 0.529. The maximum atomic E-state index is 13.4. The second kappa shape index (κ2) is 10.7. The highest BCUT2D eigenvalue weighted by atomic mass is 32.1. The van der Waals surface area contributed by atoms with Gasteiger partial charge in [0.25, 0.3) is 5.91 Å². The Kier molecular flexibility index (Phi) is 7.55. The number of hydrogen-bond donors (Lipinski definition) is 1. The van der Waals surface area contributed by atoms with Crippen molar-refractivity contribution in [1.29, 1.82) is 0 Å². The van der Waals surface area contributed by atoms with Crippen LogP contribution in [0.1, 0.15) is 45.9 Å². The Labute approximate surface area is 196 Å². The van der Waals surface area contributed by atoms with E-state index in [1.54, 1.807) is 21.6 Å². The van der Waals surface area contributed by atoms with Gasteiger partial charge in [0.15, 0.2) is 0 Å². The summed E-state index contributed by atoms with van der Waals surface area (Å²) in [5.41, 5.74) is 2.59. The number of hydrogen-bond acceptors (Lipinski definition) is 6. The molecular weight excluding hydrogens is 442 g/mol. The molecule has 1 fully saturated rings. The number of aryl methyl sites for hydroxylation is 1. The van der Waals surface area contributed by atoms with Crippen LogP contribution in [0.15, 0.2) is 46.5 Å². The average Bonchev–Trinajstić information content (AvgIpc) is 3.42. The van der Waals surface area contributed by atoms with E-state index in [0.717, 1.165) is 35.6 Å². The Morgan fingerprint density at radius 1 is 1.25 bits per heavy atom. The lowest BCUT2D eigenvalue weighted by Gasteiger charge is -2.29. The third kappa shape index (κ3) is 5.75. The summed E-state index contributed by atoms with van der Waals surface area (Å²) >= 11 is 3.12. The van der Waals surface area contributed by atoms with Crippen LogP contribution in [0.5, 0.6) is 5.75 Å². The molecule has 0 bridgehead atoms. The fraction of sp³-hybridized carbons (Fsp3) is 0.375. The normalized spacial score (nSPS) is 16.3. The van der Waals surface area contributed by atoms with Crippen LogP contribution in [0.25, 0.3) is 0 Å². The number of aromatic nitrogens is 1. The van der Waals surface area contributed by atoms with Gasteiger partial charge in [0.05, 0.1) is 11.6 Å². The topological polar surface area (TPSA) is 71.5 Å². The molecule has 168 valence electrons. The number of thiazole rings is 1. The van der Waals surface area contributed by atoms with Crippen molar-refractivity contribution >= 4 is 34.5 Å². The van der Waals surface area contributed by atoms with Crippen LogP contribution in [0, 0.1) is 6.92 Å². The predicted molar refractivity (Wildman–Crippen MR) is 127 cm³/mol. The molecule has 1 atom stereocenters. The Morgan fingerprint density at radius 3 is 2.94 bits per heavy atom. The lowest BCUT2D eigenvalue weighted by Crippen LogP contribution is -2.48. The highest BCUT2D eigenvalue weighted by molar-refractivity contribution is 7.09. The van der Waals surface area contributed by atoms with E-state index in [4.69, 9.17) is 4.74 Å². The molecule has 2 amide bonds. The van der Waals surface area contributed by atoms with Crippen LogP contribution >= 0.6 is 22.7 Å². The van der Waals surface area contributed by atoms with Crippen LogP contribution in [-0.2, 0) is 17.8 Å². The molecule has 1 saturated heterocycles. The van der Waals surface area contributed by atoms with Gasteiger partial charge in [0.1, 0.15) is 17.5 Å². The van der Waals surface area contributed by atoms with E-state index < -0.39 is 6.04 Å². The van der Waals surface area contributed by atoms with Gasteiger partial charge in [-0.25, -0.2) is 4.98 Å². The number of ether oxygens (including phenoxy) is 1. The lowest BCUT2D eigenvalue weighted by atomic mass is 10.1. The molecule has 3 heterocycles. The number of benzene rings is 1. The maximum absolute atomic E-state index is 13.4. The molecule has 0 spiro atoms. The van der Waals surface area contributed by atoms with Crippen LogP contribution in [0.2, 0.25) is 0 Å². The first-order valence-electron chi connectivity index (χ1n) is 10.8. The van der Waals surface area contributed by atoms with Gasteiger partial charge in [-0.15, -0.1) is 11.3 Å². The standard InChI is InChI=1S/C24H27N3O3S2/c1-17-26-21(16-32-17)24(29)27(22-7-2-3-10-25-23(22)28)14-19-5-4-6-20(13-19)30-11-8-18-9-12-31-15-18/h4-6,9,12-13,15-16,22H,2-3,7-8,10-11,14H2,1H3,(H,25,28)/t22-/m0/s1. The second-order valence-corrected chi connectivity index (χ2v) is 9.71. The first kappa shape index (κ1) is 22.5. The van der Waals surface area contributed by atoms with Crippen molar-refractivity contribution in [3.05, 3.63) is 68.3 Å². The van der Waals surface area contributed by atoms with Gasteiger partial charge in [-0.3, -0.25) is 9.59 Å². The average molecular weight is 470 g/mol. The second-order valence-electron chi connectivity index (χ2n) is 7.86. The van der Waals surface area contributed by atoms with Gasteiger partial charge in [0, 0.05) is 24.9 Å². The number of rotatable bonds is 8. The van der Waals surface area contributed by atoms with Gasteiger partial charge in [-0.2, -0.15) is 11.3 Å².